The maximum atomic E-state index is 14.6. The SMILES string of the molecule is CCCCNC(=O)[C@@H](C)N(Cc1ccccc1F)C(=O)CN(c1ccc(F)cc1)S(=O)(=O)c1ccc(C)cc1. The number of nitrogens with zero attached hydrogens (tertiary/aromatic N) is 2. The van der Waals surface area contributed by atoms with E-state index in [1.807, 2.05) is 13.8 Å². The minimum absolute atomic E-state index is 0.0590. The van der Waals surface area contributed by atoms with Gasteiger partial charge in [-0.1, -0.05) is 49.2 Å². The Morgan fingerprint density at radius 3 is 2.21 bits per heavy atom. The number of aryl methyl sites for hydroxylation is 1. The van der Waals surface area contributed by atoms with E-state index in [2.05, 4.69) is 5.32 Å². The molecule has 3 aromatic carbocycles. The zero-order chi connectivity index (χ0) is 28.6. The van der Waals surface area contributed by atoms with Crippen LogP contribution in [0, 0.1) is 18.6 Å². The van der Waals surface area contributed by atoms with Gasteiger partial charge in [0.1, 0.15) is 24.2 Å². The summed E-state index contributed by atoms with van der Waals surface area (Å²) in [5, 5.41) is 2.77. The molecule has 1 N–H and O–H groups in total. The molecule has 0 saturated heterocycles. The third-order valence-electron chi connectivity index (χ3n) is 6.30. The number of carbonyl (C=O) groups is 2. The Bertz CT molecular complexity index is 1380. The molecular weight excluding hydrogens is 524 g/mol. The molecule has 0 aromatic heterocycles. The van der Waals surface area contributed by atoms with Crippen LogP contribution in [0.25, 0.3) is 0 Å². The highest BCUT2D eigenvalue weighted by Gasteiger charge is 2.32. The molecule has 3 rings (SSSR count). The summed E-state index contributed by atoms with van der Waals surface area (Å²) in [6, 6.07) is 15.7. The van der Waals surface area contributed by atoms with E-state index in [4.69, 9.17) is 0 Å². The molecule has 10 heteroatoms. The van der Waals surface area contributed by atoms with Gasteiger partial charge in [-0.25, -0.2) is 17.2 Å². The van der Waals surface area contributed by atoms with Crippen molar-refractivity contribution in [3.8, 4) is 0 Å². The van der Waals surface area contributed by atoms with Crippen molar-refractivity contribution in [1.82, 2.24) is 10.2 Å². The summed E-state index contributed by atoms with van der Waals surface area (Å²) in [5.41, 5.74) is 1.09. The molecule has 0 aliphatic carbocycles. The standard InChI is InChI=1S/C29H33F2N3O4S/c1-4-5-18-32-29(36)22(3)33(19-23-8-6-7-9-27(23)31)28(35)20-34(25-14-12-24(30)13-15-25)39(37,38)26-16-10-21(2)11-17-26/h6-17,22H,4-5,18-20H2,1-3H3,(H,32,36)/t22-/m1/s1. The number of rotatable bonds is 12. The largest absolute Gasteiger partial charge is 0.354 e. The molecule has 0 aliphatic rings. The molecule has 0 saturated carbocycles. The topological polar surface area (TPSA) is 86.8 Å². The monoisotopic (exact) mass is 557 g/mol. The van der Waals surface area contributed by atoms with Crippen molar-refractivity contribution in [3.63, 3.8) is 0 Å². The minimum atomic E-state index is -4.27. The Balaban J connectivity index is 2.00. The van der Waals surface area contributed by atoms with Crippen molar-refractivity contribution < 1.29 is 26.8 Å². The summed E-state index contributed by atoms with van der Waals surface area (Å²) in [6.45, 7) is 4.76. The van der Waals surface area contributed by atoms with Crippen LogP contribution in [0.3, 0.4) is 0 Å². The molecule has 1 atom stereocenters. The molecule has 0 fully saturated rings. The molecule has 0 radical (unpaired) electrons. The number of unbranched alkanes of at least 4 members (excludes halogenated alkanes) is 1. The summed E-state index contributed by atoms with van der Waals surface area (Å²) in [6.07, 6.45) is 1.60. The zero-order valence-corrected chi connectivity index (χ0v) is 23.0. The number of carbonyl (C=O) groups excluding carboxylic acids is 2. The maximum absolute atomic E-state index is 14.6. The fraction of sp³-hybridized carbons (Fsp3) is 0.310. The number of hydrogen-bond donors (Lipinski definition) is 1. The van der Waals surface area contributed by atoms with Crippen LogP contribution in [0.1, 0.15) is 37.8 Å². The van der Waals surface area contributed by atoms with Crippen molar-refractivity contribution in [2.24, 2.45) is 0 Å². The van der Waals surface area contributed by atoms with Crippen molar-refractivity contribution >= 4 is 27.5 Å². The number of anilines is 1. The van der Waals surface area contributed by atoms with Crippen LogP contribution in [-0.4, -0.2) is 44.3 Å². The second-order valence-electron chi connectivity index (χ2n) is 9.23. The van der Waals surface area contributed by atoms with E-state index in [1.54, 1.807) is 18.2 Å². The summed E-state index contributed by atoms with van der Waals surface area (Å²) in [7, 11) is -4.27. The molecule has 0 unspecified atom stereocenters. The van der Waals surface area contributed by atoms with Crippen LogP contribution in [0.2, 0.25) is 0 Å². The number of hydrogen-bond acceptors (Lipinski definition) is 4. The molecule has 2 amide bonds. The highest BCUT2D eigenvalue weighted by atomic mass is 32.2. The summed E-state index contributed by atoms with van der Waals surface area (Å²) in [4.78, 5) is 27.8. The fourth-order valence-corrected chi connectivity index (χ4v) is 5.32. The van der Waals surface area contributed by atoms with Gasteiger partial charge < -0.3 is 10.2 Å². The molecule has 3 aromatic rings. The van der Waals surface area contributed by atoms with Crippen LogP contribution in [-0.2, 0) is 26.2 Å². The van der Waals surface area contributed by atoms with E-state index < -0.39 is 46.1 Å². The summed E-state index contributed by atoms with van der Waals surface area (Å²) < 4.78 is 56.5. The van der Waals surface area contributed by atoms with Gasteiger partial charge in [0.25, 0.3) is 10.0 Å². The lowest BCUT2D eigenvalue weighted by Crippen LogP contribution is -2.51. The normalized spacial score (nSPS) is 12.0. The van der Waals surface area contributed by atoms with Crippen molar-refractivity contribution in [2.75, 3.05) is 17.4 Å². The molecular formula is C29H33F2N3O4S. The Hall–Kier alpha value is -3.79. The first-order valence-corrected chi connectivity index (χ1v) is 14.1. The van der Waals surface area contributed by atoms with E-state index in [0.29, 0.717) is 6.54 Å². The number of amides is 2. The smallest absolute Gasteiger partial charge is 0.264 e. The first-order valence-electron chi connectivity index (χ1n) is 12.7. The van der Waals surface area contributed by atoms with Gasteiger partial charge in [-0.15, -0.1) is 0 Å². The van der Waals surface area contributed by atoms with Gasteiger partial charge in [0.15, 0.2) is 0 Å². The molecule has 0 heterocycles. The van der Waals surface area contributed by atoms with Crippen LogP contribution in [0.15, 0.2) is 77.7 Å². The van der Waals surface area contributed by atoms with Gasteiger partial charge in [-0.05, 0) is 62.7 Å². The number of halogens is 2. The average Bonchev–Trinajstić information content (AvgIpc) is 2.91. The van der Waals surface area contributed by atoms with Gasteiger partial charge in [0.2, 0.25) is 11.8 Å². The Kier molecular flexibility index (Phi) is 10.2. The predicted octanol–water partition coefficient (Wildman–Crippen LogP) is 4.80. The van der Waals surface area contributed by atoms with Gasteiger partial charge in [-0.2, -0.15) is 0 Å². The highest BCUT2D eigenvalue weighted by Crippen LogP contribution is 2.25. The quantitative estimate of drug-likeness (QED) is 0.324. The van der Waals surface area contributed by atoms with Gasteiger partial charge in [0.05, 0.1) is 10.6 Å². The van der Waals surface area contributed by atoms with Crippen LogP contribution in [0.4, 0.5) is 14.5 Å². The maximum Gasteiger partial charge on any atom is 0.264 e. The fourth-order valence-electron chi connectivity index (χ4n) is 3.90. The van der Waals surface area contributed by atoms with Crippen molar-refractivity contribution in [3.05, 3.63) is 95.6 Å². The summed E-state index contributed by atoms with van der Waals surface area (Å²) >= 11 is 0. The number of nitrogens with one attached hydrogen (secondary N) is 1. The first-order chi connectivity index (χ1) is 18.5. The Labute approximate surface area is 228 Å². The average molecular weight is 558 g/mol. The highest BCUT2D eigenvalue weighted by molar-refractivity contribution is 7.92. The second kappa shape index (κ2) is 13.3. The lowest BCUT2D eigenvalue weighted by Gasteiger charge is -2.32. The molecule has 0 spiro atoms. The third-order valence-corrected chi connectivity index (χ3v) is 8.09. The number of benzene rings is 3. The lowest BCUT2D eigenvalue weighted by atomic mass is 10.1. The second-order valence-corrected chi connectivity index (χ2v) is 11.1. The van der Waals surface area contributed by atoms with Gasteiger partial charge >= 0.3 is 0 Å². The minimum Gasteiger partial charge on any atom is -0.354 e. The number of sulfonamides is 1. The molecule has 0 bridgehead atoms. The van der Waals surface area contributed by atoms with Crippen LogP contribution < -0.4 is 9.62 Å². The molecule has 39 heavy (non-hydrogen) atoms. The van der Waals surface area contributed by atoms with E-state index in [-0.39, 0.29) is 22.7 Å². The predicted molar refractivity (Wildman–Crippen MR) is 146 cm³/mol. The van der Waals surface area contributed by atoms with E-state index in [1.165, 1.54) is 49.4 Å². The lowest BCUT2D eigenvalue weighted by molar-refractivity contribution is -0.139. The Morgan fingerprint density at radius 2 is 1.59 bits per heavy atom. The zero-order valence-electron chi connectivity index (χ0n) is 22.2. The molecule has 208 valence electrons. The first kappa shape index (κ1) is 29.8. The van der Waals surface area contributed by atoms with Crippen molar-refractivity contribution in [1.29, 1.82) is 0 Å². The van der Waals surface area contributed by atoms with Crippen LogP contribution >= 0.6 is 0 Å². The van der Waals surface area contributed by atoms with Crippen molar-refractivity contribution in [2.45, 2.75) is 51.1 Å². The van der Waals surface area contributed by atoms with E-state index in [0.717, 1.165) is 39.7 Å². The van der Waals surface area contributed by atoms with E-state index >= 15 is 0 Å². The molecule has 7 nitrogen and oxygen atoms in total. The third kappa shape index (κ3) is 7.63. The summed E-state index contributed by atoms with van der Waals surface area (Å²) in [5.74, 6) is -2.30. The van der Waals surface area contributed by atoms with Gasteiger partial charge in [0, 0.05) is 18.7 Å². The van der Waals surface area contributed by atoms with E-state index in [9.17, 15) is 26.8 Å². The Morgan fingerprint density at radius 1 is 0.949 bits per heavy atom. The van der Waals surface area contributed by atoms with Crippen LogP contribution in [0.5, 0.6) is 0 Å². The molecule has 0 aliphatic heterocycles. The van der Waals surface area contributed by atoms with Gasteiger partial charge in [-0.3, -0.25) is 13.9 Å².